The first-order chi connectivity index (χ1) is 34.3. The summed E-state index contributed by atoms with van der Waals surface area (Å²) < 4.78 is 49.2. The van der Waals surface area contributed by atoms with Gasteiger partial charge in [0.2, 0.25) is 0 Å². The van der Waals surface area contributed by atoms with Crippen LogP contribution in [0.25, 0.3) is 0 Å². The van der Waals surface area contributed by atoms with Crippen molar-refractivity contribution in [3.8, 4) is 0 Å². The Balaban J connectivity index is 2.69. The van der Waals surface area contributed by atoms with Crippen molar-refractivity contribution in [1.82, 2.24) is 0 Å². The Kier molecular flexibility index (Phi) is 38.0. The van der Waals surface area contributed by atoms with Crippen LogP contribution in [0.5, 0.6) is 0 Å². The molecule has 0 spiro atoms. The molecule has 10 N–H and O–H groups in total. The Bertz CT molecular complexity index is 1710. The molecule has 0 aliphatic heterocycles. The average Bonchev–Trinajstić information content (AvgIpc) is 3.33. The van der Waals surface area contributed by atoms with Gasteiger partial charge >= 0.3 is 27.6 Å². The second kappa shape index (κ2) is 40.6. The molecule has 0 aromatic heterocycles. The van der Waals surface area contributed by atoms with Crippen LogP contribution in [0.3, 0.4) is 0 Å². The molecular formula is C51H88O19P2. The van der Waals surface area contributed by atoms with Gasteiger partial charge in [-0.15, -0.1) is 0 Å². The van der Waals surface area contributed by atoms with E-state index < -0.39 is 102 Å². The quantitative estimate of drug-likeness (QED) is 0.00941. The van der Waals surface area contributed by atoms with Gasteiger partial charge in [0.05, 0.1) is 24.9 Å². The Morgan fingerprint density at radius 3 is 1.65 bits per heavy atom. The predicted molar refractivity (Wildman–Crippen MR) is 273 cm³/mol. The second-order valence-corrected chi connectivity index (χ2v) is 20.7. The lowest BCUT2D eigenvalue weighted by molar-refractivity contribution is -0.216. The van der Waals surface area contributed by atoms with Gasteiger partial charge in [0.25, 0.3) is 0 Å². The van der Waals surface area contributed by atoms with E-state index in [0.29, 0.717) is 12.8 Å². The number of allylic oxidation sites excluding steroid dienone is 10. The molecule has 0 aromatic rings. The highest BCUT2D eigenvalue weighted by atomic mass is 31.2. The van der Waals surface area contributed by atoms with Crippen molar-refractivity contribution < 1.29 is 92.2 Å². The van der Waals surface area contributed by atoms with Gasteiger partial charge in [-0.05, 0) is 57.8 Å². The number of carbonyl (C=O) groups is 2. The van der Waals surface area contributed by atoms with Crippen LogP contribution >= 0.6 is 15.6 Å². The number of hydrogen-bond donors (Lipinski definition) is 10. The van der Waals surface area contributed by atoms with E-state index in [9.17, 15) is 69.1 Å². The van der Waals surface area contributed by atoms with E-state index in [-0.39, 0.29) is 25.7 Å². The van der Waals surface area contributed by atoms with E-state index in [1.54, 1.807) is 36.5 Å². The SMILES string of the molecule is CCCCC/C=C\C/C=C\CCCCCCCCCCCC(=O)OC[C@H](COP(=O)(O)O[C@H]1C(O)C(O)C(O)[C@@H](OP(=O)(O)O)C1O)OC(=O)CCC[C@H](O)[C@@H](O)/C=C/C=C/C=C\C=C\[C@@H](O)CCCCC. The van der Waals surface area contributed by atoms with Gasteiger partial charge in [-0.1, -0.05) is 164 Å². The first-order valence-electron chi connectivity index (χ1n) is 25.8. The van der Waals surface area contributed by atoms with Crippen LogP contribution in [0.1, 0.15) is 162 Å². The standard InChI is InChI=1S/C51H88O19P2/c1-3-5-7-8-9-10-11-12-13-14-15-16-17-18-19-20-21-26-30-36-44(55)66-38-41(39-67-72(64,65)70-51-48(59)46(57)47(58)50(49(51)60)69-71(61,62)63)68-45(56)37-31-35-43(54)42(53)34-29-25-23-22-24-28-33-40(52)32-27-6-4-2/h9-10,12-13,22-25,28-29,33-34,40-43,46-54,57-60H,3-8,11,14-21,26-27,30-32,35-39H2,1-2H3,(H,64,65)(H2,61,62,63)/b10-9-,13-12-,24-22-,25-23+,33-28+,34-29+/t40-,41+,42-,43-,46?,47?,48?,49?,50+,51-/m0/s1. The Morgan fingerprint density at radius 2 is 1.06 bits per heavy atom. The lowest BCUT2D eigenvalue weighted by Gasteiger charge is -2.43. The largest absolute Gasteiger partial charge is 0.472 e. The van der Waals surface area contributed by atoms with Crippen LogP contribution in [-0.4, -0.2) is 137 Å². The van der Waals surface area contributed by atoms with Gasteiger partial charge in [0.15, 0.2) is 6.10 Å². The fourth-order valence-electron chi connectivity index (χ4n) is 7.44. The van der Waals surface area contributed by atoms with Gasteiger partial charge < -0.3 is 59.9 Å². The molecule has 21 heteroatoms. The Labute approximate surface area is 427 Å². The van der Waals surface area contributed by atoms with Crippen molar-refractivity contribution in [1.29, 1.82) is 0 Å². The van der Waals surface area contributed by atoms with Crippen LogP contribution in [0.15, 0.2) is 72.9 Å². The minimum atomic E-state index is -5.41. The van der Waals surface area contributed by atoms with Gasteiger partial charge in [-0.3, -0.25) is 23.2 Å². The van der Waals surface area contributed by atoms with Crippen molar-refractivity contribution >= 4 is 27.6 Å². The number of carbonyl (C=O) groups excluding carboxylic acids is 2. The minimum Gasteiger partial charge on any atom is -0.462 e. The lowest BCUT2D eigenvalue weighted by atomic mass is 9.85. The highest BCUT2D eigenvalue weighted by Crippen LogP contribution is 2.49. The molecule has 416 valence electrons. The van der Waals surface area contributed by atoms with Gasteiger partial charge in [-0.25, -0.2) is 9.13 Å². The van der Waals surface area contributed by atoms with Gasteiger partial charge in [-0.2, -0.15) is 0 Å². The van der Waals surface area contributed by atoms with Gasteiger partial charge in [0.1, 0.15) is 43.2 Å². The summed E-state index contributed by atoms with van der Waals surface area (Å²) in [6, 6.07) is 0. The first-order valence-corrected chi connectivity index (χ1v) is 28.8. The summed E-state index contributed by atoms with van der Waals surface area (Å²) in [6.07, 6.45) is 23.2. The zero-order valence-electron chi connectivity index (χ0n) is 42.4. The van der Waals surface area contributed by atoms with E-state index in [1.807, 2.05) is 0 Å². The molecule has 1 saturated carbocycles. The number of aliphatic hydroxyl groups excluding tert-OH is 7. The molecule has 0 radical (unpaired) electrons. The highest BCUT2D eigenvalue weighted by Gasteiger charge is 2.54. The maximum Gasteiger partial charge on any atom is 0.472 e. The normalized spacial score (nSPS) is 22.7. The minimum absolute atomic E-state index is 0.0216. The van der Waals surface area contributed by atoms with Crippen LogP contribution in [0, 0.1) is 0 Å². The topological polar surface area (TPSA) is 317 Å². The van der Waals surface area contributed by atoms with E-state index >= 15 is 0 Å². The van der Waals surface area contributed by atoms with Gasteiger partial charge in [0, 0.05) is 12.8 Å². The molecule has 0 bridgehead atoms. The monoisotopic (exact) mass is 1070 g/mol. The van der Waals surface area contributed by atoms with E-state index in [4.69, 9.17) is 18.5 Å². The number of phosphoric ester groups is 2. The van der Waals surface area contributed by atoms with E-state index in [0.717, 1.165) is 70.6 Å². The highest BCUT2D eigenvalue weighted by molar-refractivity contribution is 7.47. The smallest absolute Gasteiger partial charge is 0.462 e. The van der Waals surface area contributed by atoms with Crippen molar-refractivity contribution in [3.05, 3.63) is 72.9 Å². The third kappa shape index (κ3) is 34.0. The summed E-state index contributed by atoms with van der Waals surface area (Å²) in [5.41, 5.74) is 0. The molecule has 1 aliphatic carbocycles. The summed E-state index contributed by atoms with van der Waals surface area (Å²) in [6.45, 7) is 2.70. The average molecular weight is 1070 g/mol. The second-order valence-electron chi connectivity index (χ2n) is 18.1. The molecule has 1 aliphatic rings. The first kappa shape index (κ1) is 67.3. The molecule has 1 fully saturated rings. The van der Waals surface area contributed by atoms with Crippen LogP contribution < -0.4 is 0 Å². The third-order valence-electron chi connectivity index (χ3n) is 11.6. The van der Waals surface area contributed by atoms with Crippen LogP contribution in [-0.2, 0) is 41.8 Å². The Morgan fingerprint density at radius 1 is 0.542 bits per heavy atom. The molecule has 11 atom stereocenters. The van der Waals surface area contributed by atoms with E-state index in [1.165, 1.54) is 50.7 Å². The molecule has 1 rings (SSSR count). The number of unbranched alkanes of at least 4 members (excludes halogenated alkanes) is 14. The summed E-state index contributed by atoms with van der Waals surface area (Å²) in [4.78, 5) is 54.5. The maximum absolute atomic E-state index is 13.0. The fraction of sp³-hybridized carbons (Fsp3) is 0.725. The maximum atomic E-state index is 13.0. The number of ether oxygens (including phenoxy) is 2. The fourth-order valence-corrected chi connectivity index (χ4v) is 8.98. The number of hydrogen-bond acceptors (Lipinski definition) is 16. The molecule has 72 heavy (non-hydrogen) atoms. The van der Waals surface area contributed by atoms with Crippen molar-refractivity contribution in [2.75, 3.05) is 13.2 Å². The molecule has 0 heterocycles. The molecule has 0 aromatic carbocycles. The van der Waals surface area contributed by atoms with Crippen molar-refractivity contribution in [2.24, 2.45) is 0 Å². The van der Waals surface area contributed by atoms with E-state index in [2.05, 4.69) is 42.7 Å². The number of aliphatic hydroxyl groups is 7. The van der Waals surface area contributed by atoms with Crippen molar-refractivity contribution in [2.45, 2.75) is 223 Å². The predicted octanol–water partition coefficient (Wildman–Crippen LogP) is 7.31. The lowest BCUT2D eigenvalue weighted by Crippen LogP contribution is -2.64. The zero-order valence-corrected chi connectivity index (χ0v) is 44.2. The van der Waals surface area contributed by atoms with Crippen molar-refractivity contribution in [3.63, 3.8) is 0 Å². The molecule has 0 amide bonds. The number of phosphoric acid groups is 2. The summed E-state index contributed by atoms with van der Waals surface area (Å²) >= 11 is 0. The number of esters is 2. The molecular weight excluding hydrogens is 978 g/mol. The molecule has 5 unspecified atom stereocenters. The Hall–Kier alpha value is -2.68. The summed E-state index contributed by atoms with van der Waals surface area (Å²) in [5, 5.41) is 72.0. The summed E-state index contributed by atoms with van der Waals surface area (Å²) in [7, 11) is -10.8. The van der Waals surface area contributed by atoms with Crippen LogP contribution in [0.2, 0.25) is 0 Å². The molecule has 0 saturated heterocycles. The summed E-state index contributed by atoms with van der Waals surface area (Å²) in [5.74, 6) is -1.54. The zero-order chi connectivity index (χ0) is 53.6. The number of rotatable bonds is 42. The third-order valence-corrected chi connectivity index (χ3v) is 13.1. The molecule has 19 nitrogen and oxygen atoms in total. The van der Waals surface area contributed by atoms with Crippen LogP contribution in [0.4, 0.5) is 0 Å².